The molecule has 2 bridgehead atoms. The lowest BCUT2D eigenvalue weighted by Gasteiger charge is -2.37. The molecule has 0 spiro atoms. The van der Waals surface area contributed by atoms with Crippen molar-refractivity contribution in [3.05, 3.63) is 69.8 Å². The molecule has 2 atom stereocenters. The van der Waals surface area contributed by atoms with Crippen molar-refractivity contribution in [2.24, 2.45) is 7.05 Å². The van der Waals surface area contributed by atoms with E-state index in [1.54, 1.807) is 30.2 Å². The van der Waals surface area contributed by atoms with Gasteiger partial charge in [0.2, 0.25) is 0 Å². The molecule has 50 heavy (non-hydrogen) atoms. The van der Waals surface area contributed by atoms with Crippen LogP contribution in [0.2, 0.25) is 5.02 Å². The summed E-state index contributed by atoms with van der Waals surface area (Å²) in [6, 6.07) is 10.1. The maximum atomic E-state index is 15.8. The van der Waals surface area contributed by atoms with Crippen molar-refractivity contribution in [3.63, 3.8) is 0 Å². The molecule has 4 aromatic rings. The molecule has 3 saturated heterocycles. The van der Waals surface area contributed by atoms with Crippen LogP contribution < -0.4 is 14.5 Å². The van der Waals surface area contributed by atoms with Crippen molar-refractivity contribution < 1.29 is 33.3 Å². The number of hydrogen-bond donors (Lipinski definition) is 1. The summed E-state index contributed by atoms with van der Waals surface area (Å²) in [5.74, 6) is -0.950. The fraction of sp³-hybridized carbons (Fsp3) is 0.432. The first-order valence-corrected chi connectivity index (χ1v) is 17.4. The van der Waals surface area contributed by atoms with Crippen LogP contribution >= 0.6 is 11.6 Å². The number of hydrogen-bond acceptors (Lipinski definition) is 8. The molecule has 3 aromatic carbocycles. The molecule has 262 valence electrons. The van der Waals surface area contributed by atoms with Crippen LogP contribution in [0.15, 0.2) is 36.4 Å². The van der Waals surface area contributed by atoms with E-state index < -0.39 is 11.8 Å². The van der Waals surface area contributed by atoms with Gasteiger partial charge in [0.25, 0.3) is 5.91 Å². The third-order valence-corrected chi connectivity index (χ3v) is 11.2. The van der Waals surface area contributed by atoms with Crippen molar-refractivity contribution in [2.45, 2.75) is 57.3 Å². The second-order valence-corrected chi connectivity index (χ2v) is 14.1. The largest absolute Gasteiger partial charge is 0.478 e. The number of carbonyl (C=O) groups is 2. The van der Waals surface area contributed by atoms with Gasteiger partial charge in [0.05, 0.1) is 71.0 Å². The minimum absolute atomic E-state index is 0.0313. The van der Waals surface area contributed by atoms with Gasteiger partial charge in [-0.15, -0.1) is 0 Å². The predicted molar refractivity (Wildman–Crippen MR) is 187 cm³/mol. The topological polar surface area (TPSA) is 110 Å². The normalized spacial score (nSPS) is 20.7. The fourth-order valence-corrected chi connectivity index (χ4v) is 8.45. The molecule has 13 heteroatoms. The molecule has 1 amide bonds. The van der Waals surface area contributed by atoms with Gasteiger partial charge in [0.15, 0.2) is 6.73 Å². The Hall–Kier alpha value is -4.39. The molecule has 3 fully saturated rings. The van der Waals surface area contributed by atoms with Gasteiger partial charge in [-0.25, -0.2) is 14.2 Å². The first-order valence-electron chi connectivity index (χ1n) is 17.0. The maximum absolute atomic E-state index is 15.8. The average Bonchev–Trinajstić information content (AvgIpc) is 3.55. The number of morpholine rings is 1. The highest BCUT2D eigenvalue weighted by Gasteiger charge is 2.40. The van der Waals surface area contributed by atoms with Gasteiger partial charge in [0.1, 0.15) is 22.9 Å². The van der Waals surface area contributed by atoms with Crippen molar-refractivity contribution in [3.8, 4) is 16.9 Å². The zero-order chi connectivity index (χ0) is 34.8. The molecule has 2 unspecified atom stereocenters. The minimum Gasteiger partial charge on any atom is -0.478 e. The number of aromatic nitrogens is 2. The lowest BCUT2D eigenvalue weighted by molar-refractivity contribution is 0.0517. The Kier molecular flexibility index (Phi) is 8.35. The number of para-hydroxylation sites is 1. The summed E-state index contributed by atoms with van der Waals surface area (Å²) in [5.41, 5.74) is 4.46. The number of rotatable bonds is 6. The molecule has 5 heterocycles. The second kappa shape index (κ2) is 12.7. The zero-order valence-electron chi connectivity index (χ0n) is 28.2. The Morgan fingerprint density at radius 2 is 1.78 bits per heavy atom. The number of aryl methyl sites for hydroxylation is 2. The molecule has 11 nitrogen and oxygen atoms in total. The molecular formula is C37H39ClFN5O6. The van der Waals surface area contributed by atoms with E-state index in [1.807, 2.05) is 30.7 Å². The molecule has 4 aliphatic rings. The van der Waals surface area contributed by atoms with E-state index in [9.17, 15) is 14.7 Å². The average molecular weight is 704 g/mol. The highest BCUT2D eigenvalue weighted by molar-refractivity contribution is 6.36. The highest BCUT2D eigenvalue weighted by Crippen LogP contribution is 2.44. The highest BCUT2D eigenvalue weighted by atomic mass is 35.5. The van der Waals surface area contributed by atoms with Gasteiger partial charge in [-0.05, 0) is 50.8 Å². The van der Waals surface area contributed by atoms with Gasteiger partial charge in [-0.1, -0.05) is 29.8 Å². The lowest BCUT2D eigenvalue weighted by atomic mass is 9.96. The van der Waals surface area contributed by atoms with E-state index in [0.717, 1.165) is 61.9 Å². The SMILES string of the molecule is COC1CCN(c2cc(Cl)c(C(=O)N3COc4c(cccc4-c4cc(N5C6CCC5COC6)c(C(=O)O)cc4F)C3)c3nc(C)n(C)c23)CC1. The van der Waals surface area contributed by atoms with Gasteiger partial charge in [-0.3, -0.25) is 4.79 Å². The molecule has 8 rings (SSSR count). The predicted octanol–water partition coefficient (Wildman–Crippen LogP) is 6.01. The van der Waals surface area contributed by atoms with Crippen LogP contribution in [0.25, 0.3) is 22.2 Å². The quantitative estimate of drug-likeness (QED) is 0.258. The standard InChI is InChI=1S/C37H39ClFN5O6/c1-20-40-33-32(28(38)15-31(34(33)41(20)2)42-11-9-24(48-3)10-12-42)36(45)43-16-21-5-4-6-25(35(21)50-19-43)26-14-30(27(37(46)47)13-29(26)39)44-22-7-8-23(44)18-49-17-22/h4-6,13-15,22-24H,7-12,16-19H2,1-3H3,(H,46,47). The van der Waals surface area contributed by atoms with Crippen molar-refractivity contribution in [2.75, 3.05) is 49.9 Å². The number of methoxy groups -OCH3 is 1. The third kappa shape index (κ3) is 5.35. The molecule has 0 radical (unpaired) electrons. The molecule has 1 aromatic heterocycles. The van der Waals surface area contributed by atoms with Crippen LogP contribution in [-0.2, 0) is 23.1 Å². The Bertz CT molecular complexity index is 2010. The van der Waals surface area contributed by atoms with Crippen LogP contribution in [0.3, 0.4) is 0 Å². The van der Waals surface area contributed by atoms with E-state index in [2.05, 4.69) is 9.80 Å². The van der Waals surface area contributed by atoms with Crippen molar-refractivity contribution >= 4 is 45.9 Å². The molecule has 4 aliphatic heterocycles. The van der Waals surface area contributed by atoms with E-state index in [-0.39, 0.29) is 48.5 Å². The second-order valence-electron chi connectivity index (χ2n) is 13.6. The maximum Gasteiger partial charge on any atom is 0.337 e. The Morgan fingerprint density at radius 1 is 1.04 bits per heavy atom. The first kappa shape index (κ1) is 32.8. The van der Waals surface area contributed by atoms with E-state index in [4.69, 9.17) is 30.8 Å². The van der Waals surface area contributed by atoms with Gasteiger partial charge < -0.3 is 38.6 Å². The number of amides is 1. The van der Waals surface area contributed by atoms with E-state index in [0.29, 0.717) is 51.9 Å². The monoisotopic (exact) mass is 703 g/mol. The number of carboxylic acids is 1. The summed E-state index contributed by atoms with van der Waals surface area (Å²) in [5, 5.41) is 10.3. The number of ether oxygens (including phenoxy) is 3. The van der Waals surface area contributed by atoms with Gasteiger partial charge in [-0.2, -0.15) is 0 Å². The Labute approximate surface area is 294 Å². The molecule has 0 saturated carbocycles. The van der Waals surface area contributed by atoms with Gasteiger partial charge >= 0.3 is 5.97 Å². The summed E-state index contributed by atoms with van der Waals surface area (Å²) in [6.45, 7) is 4.62. The molecular weight excluding hydrogens is 665 g/mol. The minimum atomic E-state index is -1.18. The van der Waals surface area contributed by atoms with E-state index in [1.165, 1.54) is 0 Å². The summed E-state index contributed by atoms with van der Waals surface area (Å²) in [4.78, 5) is 37.3. The summed E-state index contributed by atoms with van der Waals surface area (Å²) in [6.07, 6.45) is 3.77. The smallest absolute Gasteiger partial charge is 0.337 e. The lowest BCUT2D eigenvalue weighted by Crippen LogP contribution is -2.46. The van der Waals surface area contributed by atoms with Crippen molar-refractivity contribution in [1.82, 2.24) is 14.5 Å². The summed E-state index contributed by atoms with van der Waals surface area (Å²) >= 11 is 6.94. The van der Waals surface area contributed by atoms with Crippen molar-refractivity contribution in [1.29, 1.82) is 0 Å². The zero-order valence-corrected chi connectivity index (χ0v) is 29.0. The fourth-order valence-electron chi connectivity index (χ4n) is 8.18. The number of carbonyl (C=O) groups excluding carboxylic acids is 1. The van der Waals surface area contributed by atoms with Crippen LogP contribution in [-0.4, -0.2) is 89.8 Å². The number of carboxylic acid groups (broad SMARTS) is 1. The Morgan fingerprint density at radius 3 is 2.48 bits per heavy atom. The summed E-state index contributed by atoms with van der Waals surface area (Å²) in [7, 11) is 3.68. The number of nitrogens with zero attached hydrogens (tertiary/aromatic N) is 5. The van der Waals surface area contributed by atoms with Crippen LogP contribution in [0.4, 0.5) is 15.8 Å². The number of fused-ring (bicyclic) bond motifs is 4. The number of benzene rings is 3. The summed E-state index contributed by atoms with van der Waals surface area (Å²) < 4.78 is 35.4. The van der Waals surface area contributed by atoms with E-state index >= 15 is 4.39 Å². The number of anilines is 2. The first-order chi connectivity index (χ1) is 24.1. The van der Waals surface area contributed by atoms with Crippen LogP contribution in [0, 0.1) is 12.7 Å². The number of aromatic carboxylic acids is 1. The van der Waals surface area contributed by atoms with Gasteiger partial charge in [0, 0.05) is 43.9 Å². The molecule has 1 N–H and O–H groups in total. The third-order valence-electron chi connectivity index (χ3n) is 10.9. The van der Waals surface area contributed by atoms with Crippen LogP contribution in [0.1, 0.15) is 57.8 Å². The van der Waals surface area contributed by atoms with Crippen LogP contribution in [0.5, 0.6) is 5.75 Å². The Balaban J connectivity index is 1.12. The number of imidazole rings is 1. The number of piperidine rings is 1. The molecule has 0 aliphatic carbocycles. The number of halogens is 2.